The van der Waals surface area contributed by atoms with E-state index in [4.69, 9.17) is 9.72 Å². The van der Waals surface area contributed by atoms with Crippen LogP contribution in [0.15, 0.2) is 176 Å². The second kappa shape index (κ2) is 13.9. The van der Waals surface area contributed by atoms with Crippen LogP contribution in [0.4, 0.5) is 11.4 Å². The summed E-state index contributed by atoms with van der Waals surface area (Å²) in [5, 5.41) is 2.33. The van der Waals surface area contributed by atoms with Crippen molar-refractivity contribution >= 4 is 33.2 Å². The van der Waals surface area contributed by atoms with Gasteiger partial charge in [0, 0.05) is 58.3 Å². The first-order valence-electron chi connectivity index (χ1n) is 19.4. The number of hydrogen-bond donors (Lipinski definition) is 0. The molecular formula is C51H46N4O. The van der Waals surface area contributed by atoms with Crippen LogP contribution in [-0.4, -0.2) is 16.2 Å². The van der Waals surface area contributed by atoms with Crippen LogP contribution >= 0.6 is 0 Å². The Balaban J connectivity index is 1.09. The van der Waals surface area contributed by atoms with Crippen molar-refractivity contribution in [3.63, 3.8) is 0 Å². The lowest BCUT2D eigenvalue weighted by Crippen LogP contribution is -2.25. The third-order valence-corrected chi connectivity index (χ3v) is 11.2. The number of pyridine rings is 1. The van der Waals surface area contributed by atoms with E-state index in [1.54, 1.807) is 0 Å². The highest BCUT2D eigenvalue weighted by Gasteiger charge is 2.25. The number of hydrogen-bond acceptors (Lipinski definition) is 4. The van der Waals surface area contributed by atoms with Crippen molar-refractivity contribution in [2.45, 2.75) is 45.4 Å². The zero-order chi connectivity index (χ0) is 38.4. The average Bonchev–Trinajstić information content (AvgIpc) is 3.85. The number of rotatable bonds is 8. The fourth-order valence-electron chi connectivity index (χ4n) is 7.86. The zero-order valence-electron chi connectivity index (χ0n) is 32.6. The van der Waals surface area contributed by atoms with Gasteiger partial charge in [-0.15, -0.1) is 0 Å². The Morgan fingerprint density at radius 3 is 1.98 bits per heavy atom. The molecule has 5 heteroatoms. The normalized spacial score (nSPS) is 13.2. The van der Waals surface area contributed by atoms with Crippen molar-refractivity contribution in [1.29, 1.82) is 0 Å². The van der Waals surface area contributed by atoms with E-state index >= 15 is 0 Å². The van der Waals surface area contributed by atoms with Crippen LogP contribution in [0.2, 0.25) is 0 Å². The van der Waals surface area contributed by atoms with Crippen LogP contribution in [0, 0.1) is 0 Å². The maximum absolute atomic E-state index is 6.84. The van der Waals surface area contributed by atoms with Crippen molar-refractivity contribution < 1.29 is 4.74 Å². The molecule has 2 aromatic heterocycles. The summed E-state index contributed by atoms with van der Waals surface area (Å²) >= 11 is 0. The van der Waals surface area contributed by atoms with Gasteiger partial charge in [0.15, 0.2) is 0 Å². The van der Waals surface area contributed by atoms with E-state index in [9.17, 15) is 0 Å². The lowest BCUT2D eigenvalue weighted by Gasteiger charge is -2.26. The SMILES string of the molecule is CC(C)(C)c1cccc(N2C=CN(c3cc(Oc4ccc5c6ccccc6n(-c6cc(C(C)(C)c7ccccc7)ccn6)c5c4)cc(-c4ccccc4)c3)C2)c1. The minimum absolute atomic E-state index is 0.0760. The van der Waals surface area contributed by atoms with Gasteiger partial charge in [-0.25, -0.2) is 4.98 Å². The molecule has 0 amide bonds. The molecule has 0 saturated carbocycles. The van der Waals surface area contributed by atoms with Gasteiger partial charge in [0.05, 0.1) is 17.7 Å². The molecule has 0 saturated heterocycles. The molecule has 0 spiro atoms. The van der Waals surface area contributed by atoms with E-state index < -0.39 is 0 Å². The third kappa shape index (κ3) is 6.60. The molecule has 5 nitrogen and oxygen atoms in total. The van der Waals surface area contributed by atoms with E-state index in [0.29, 0.717) is 6.67 Å². The van der Waals surface area contributed by atoms with Gasteiger partial charge >= 0.3 is 0 Å². The molecule has 0 radical (unpaired) electrons. The van der Waals surface area contributed by atoms with Crippen LogP contribution in [-0.2, 0) is 10.8 Å². The van der Waals surface area contributed by atoms with Crippen LogP contribution in [0.25, 0.3) is 38.8 Å². The summed E-state index contributed by atoms with van der Waals surface area (Å²) in [6.07, 6.45) is 6.25. The van der Waals surface area contributed by atoms with Crippen molar-refractivity contribution in [2.24, 2.45) is 0 Å². The van der Waals surface area contributed by atoms with Crippen molar-refractivity contribution in [3.8, 4) is 28.4 Å². The second-order valence-corrected chi connectivity index (χ2v) is 16.3. The molecule has 56 heavy (non-hydrogen) atoms. The maximum Gasteiger partial charge on any atom is 0.137 e. The summed E-state index contributed by atoms with van der Waals surface area (Å²) in [5.41, 5.74) is 10.3. The van der Waals surface area contributed by atoms with Crippen molar-refractivity contribution in [3.05, 3.63) is 193 Å². The predicted octanol–water partition coefficient (Wildman–Crippen LogP) is 13.0. The lowest BCUT2D eigenvalue weighted by atomic mass is 9.78. The fraction of sp³-hybridized carbons (Fsp3) is 0.157. The largest absolute Gasteiger partial charge is 0.457 e. The molecule has 1 aliphatic rings. The van der Waals surface area contributed by atoms with Gasteiger partial charge in [-0.3, -0.25) is 4.57 Å². The minimum Gasteiger partial charge on any atom is -0.457 e. The Labute approximate surface area is 329 Å². The molecule has 0 bridgehead atoms. The summed E-state index contributed by atoms with van der Waals surface area (Å²) in [6.45, 7) is 12.0. The summed E-state index contributed by atoms with van der Waals surface area (Å²) in [7, 11) is 0. The Kier molecular flexibility index (Phi) is 8.73. The number of fused-ring (bicyclic) bond motifs is 3. The summed E-state index contributed by atoms with van der Waals surface area (Å²) in [5.74, 6) is 2.41. The molecular weight excluding hydrogens is 685 g/mol. The fourth-order valence-corrected chi connectivity index (χ4v) is 7.86. The van der Waals surface area contributed by atoms with Crippen LogP contribution in [0.3, 0.4) is 0 Å². The van der Waals surface area contributed by atoms with Crippen molar-refractivity contribution in [1.82, 2.24) is 9.55 Å². The molecule has 0 aliphatic carbocycles. The monoisotopic (exact) mass is 730 g/mol. The number of anilines is 2. The van der Waals surface area contributed by atoms with E-state index in [2.05, 4.69) is 219 Å². The first-order chi connectivity index (χ1) is 27.1. The summed E-state index contributed by atoms with van der Waals surface area (Å²) < 4.78 is 9.11. The minimum atomic E-state index is -0.203. The maximum atomic E-state index is 6.84. The molecule has 0 atom stereocenters. The lowest BCUT2D eigenvalue weighted by molar-refractivity contribution is 0.483. The molecule has 1 aliphatic heterocycles. The highest BCUT2D eigenvalue weighted by atomic mass is 16.5. The Morgan fingerprint density at radius 1 is 0.500 bits per heavy atom. The molecule has 276 valence electrons. The molecule has 3 heterocycles. The highest BCUT2D eigenvalue weighted by Crippen LogP contribution is 2.39. The van der Waals surface area contributed by atoms with Gasteiger partial charge in [0.1, 0.15) is 17.3 Å². The van der Waals surface area contributed by atoms with Gasteiger partial charge in [0.25, 0.3) is 0 Å². The standard InChI is InChI=1S/C51H46N4O/c1-50(2,3)39-19-14-20-41(31-39)53-27-28-54(35-53)42-29-37(36-15-8-6-9-16-36)30-44(33-42)56-43-23-24-46-45-21-12-13-22-47(45)55(48(46)34-43)49-32-40(25-26-52-49)51(4,5)38-17-10-7-11-18-38/h6-34H,35H2,1-5H3. The third-order valence-electron chi connectivity index (χ3n) is 11.2. The first-order valence-corrected chi connectivity index (χ1v) is 19.4. The van der Waals surface area contributed by atoms with Gasteiger partial charge in [-0.2, -0.15) is 0 Å². The van der Waals surface area contributed by atoms with Gasteiger partial charge in [-0.1, -0.05) is 126 Å². The number of nitrogens with zero attached hydrogens (tertiary/aromatic N) is 4. The van der Waals surface area contributed by atoms with Crippen LogP contribution in [0.1, 0.15) is 51.3 Å². The number of ether oxygens (including phenoxy) is 1. The number of aromatic nitrogens is 2. The highest BCUT2D eigenvalue weighted by molar-refractivity contribution is 6.09. The Hall–Kier alpha value is -6.59. The topological polar surface area (TPSA) is 33.5 Å². The molecule has 8 aromatic rings. The van der Waals surface area contributed by atoms with E-state index in [1.807, 2.05) is 6.20 Å². The number of benzene rings is 6. The molecule has 0 unspecified atom stereocenters. The molecule has 0 fully saturated rings. The second-order valence-electron chi connectivity index (χ2n) is 16.3. The Bertz CT molecular complexity index is 2720. The van der Waals surface area contributed by atoms with Gasteiger partial charge < -0.3 is 14.5 Å². The van der Waals surface area contributed by atoms with Gasteiger partial charge in [-0.05, 0) is 87.8 Å². The van der Waals surface area contributed by atoms with Gasteiger partial charge in [0.2, 0.25) is 0 Å². The van der Waals surface area contributed by atoms with Crippen LogP contribution in [0.5, 0.6) is 11.5 Å². The quantitative estimate of drug-likeness (QED) is 0.156. The van der Waals surface area contributed by atoms with E-state index in [-0.39, 0.29) is 10.8 Å². The van der Waals surface area contributed by atoms with Crippen molar-refractivity contribution in [2.75, 3.05) is 16.5 Å². The Morgan fingerprint density at radius 2 is 1.20 bits per heavy atom. The summed E-state index contributed by atoms with van der Waals surface area (Å²) in [4.78, 5) is 9.53. The first kappa shape index (κ1) is 35.1. The summed E-state index contributed by atoms with van der Waals surface area (Å²) in [6, 6.07) is 55.9. The molecule has 9 rings (SSSR count). The van der Waals surface area contributed by atoms with E-state index in [0.717, 1.165) is 50.6 Å². The molecule has 0 N–H and O–H groups in total. The zero-order valence-corrected chi connectivity index (χ0v) is 32.6. The van der Waals surface area contributed by atoms with Crippen LogP contribution < -0.4 is 14.5 Å². The predicted molar refractivity (Wildman–Crippen MR) is 233 cm³/mol. The molecule has 6 aromatic carbocycles. The van der Waals surface area contributed by atoms with E-state index in [1.165, 1.54) is 27.8 Å². The smallest absolute Gasteiger partial charge is 0.137 e. The average molecular weight is 731 g/mol. The number of para-hydroxylation sites is 1.